The van der Waals surface area contributed by atoms with Crippen molar-refractivity contribution in [1.82, 2.24) is 4.90 Å². The van der Waals surface area contributed by atoms with Gasteiger partial charge in [0.25, 0.3) is 5.91 Å². The summed E-state index contributed by atoms with van der Waals surface area (Å²) in [6.45, 7) is 6.12. The summed E-state index contributed by atoms with van der Waals surface area (Å²) in [5, 5.41) is 5.84. The van der Waals surface area contributed by atoms with Gasteiger partial charge in [-0.25, -0.2) is 9.18 Å². The number of benzene rings is 3. The fraction of sp³-hybridized carbons (Fsp3) is 0.242. The highest BCUT2D eigenvalue weighted by atomic mass is 32.2. The minimum absolute atomic E-state index is 0.240. The quantitative estimate of drug-likeness (QED) is 0.147. The highest BCUT2D eigenvalue weighted by Gasteiger charge is 2.30. The molecule has 43 heavy (non-hydrogen) atoms. The summed E-state index contributed by atoms with van der Waals surface area (Å²) in [4.78, 5) is 43.1. The molecule has 0 fully saturated rings. The molecule has 1 unspecified atom stereocenters. The van der Waals surface area contributed by atoms with E-state index in [0.717, 1.165) is 28.4 Å². The van der Waals surface area contributed by atoms with Gasteiger partial charge in [-0.2, -0.15) is 0 Å². The fourth-order valence-electron chi connectivity index (χ4n) is 4.86. The first-order valence-corrected chi connectivity index (χ1v) is 15.7. The third-order valence-electron chi connectivity index (χ3n) is 6.98. The predicted molar refractivity (Wildman–Crippen MR) is 169 cm³/mol. The average Bonchev–Trinajstić information content (AvgIpc) is 3.35. The van der Waals surface area contributed by atoms with Crippen LogP contribution in [0.4, 0.5) is 15.1 Å². The number of nitrogens with zero attached hydrogens (tertiary/aromatic N) is 1. The lowest BCUT2D eigenvalue weighted by atomic mass is 10.0. The van der Waals surface area contributed by atoms with Crippen LogP contribution in [0, 0.1) is 5.82 Å². The number of carbonyl (C=O) groups excluding carboxylic acids is 3. The van der Waals surface area contributed by atoms with E-state index in [1.54, 1.807) is 32.0 Å². The smallest absolute Gasteiger partial charge is 0.341 e. The topological polar surface area (TPSA) is 87.7 Å². The number of rotatable bonds is 10. The zero-order valence-electron chi connectivity index (χ0n) is 23.9. The molecule has 0 bridgehead atoms. The van der Waals surface area contributed by atoms with Gasteiger partial charge < -0.3 is 15.4 Å². The Labute approximate surface area is 258 Å². The molecule has 0 spiro atoms. The maximum atomic E-state index is 13.4. The van der Waals surface area contributed by atoms with E-state index < -0.39 is 17.0 Å². The third-order valence-corrected chi connectivity index (χ3v) is 9.21. The number of thiophene rings is 1. The van der Waals surface area contributed by atoms with E-state index in [9.17, 15) is 18.8 Å². The minimum atomic E-state index is -0.494. The van der Waals surface area contributed by atoms with Gasteiger partial charge >= 0.3 is 5.97 Å². The molecule has 0 saturated heterocycles. The summed E-state index contributed by atoms with van der Waals surface area (Å²) in [7, 11) is 0. The molecular weight excluding hydrogens is 586 g/mol. The van der Waals surface area contributed by atoms with Gasteiger partial charge in [-0.15, -0.1) is 23.1 Å². The summed E-state index contributed by atoms with van der Waals surface area (Å²) >= 11 is 2.77. The number of hydrogen-bond acceptors (Lipinski definition) is 7. The van der Waals surface area contributed by atoms with E-state index in [4.69, 9.17) is 4.74 Å². The number of esters is 1. The van der Waals surface area contributed by atoms with Crippen LogP contribution >= 0.6 is 23.1 Å². The van der Waals surface area contributed by atoms with Crippen LogP contribution in [-0.2, 0) is 29.0 Å². The Kier molecular flexibility index (Phi) is 9.91. The summed E-state index contributed by atoms with van der Waals surface area (Å²) in [5.41, 5.74) is 3.53. The molecule has 2 N–H and O–H groups in total. The number of anilines is 2. The predicted octanol–water partition coefficient (Wildman–Crippen LogP) is 6.99. The van der Waals surface area contributed by atoms with Crippen LogP contribution in [0.2, 0.25) is 0 Å². The molecule has 1 atom stereocenters. The molecule has 0 radical (unpaired) electrons. The zero-order chi connectivity index (χ0) is 30.3. The summed E-state index contributed by atoms with van der Waals surface area (Å²) in [5.74, 6) is -1.43. The van der Waals surface area contributed by atoms with Gasteiger partial charge in [-0.1, -0.05) is 36.4 Å². The highest BCUT2D eigenvalue weighted by Crippen LogP contribution is 2.38. The first-order chi connectivity index (χ1) is 20.8. The van der Waals surface area contributed by atoms with Crippen LogP contribution in [0.15, 0.2) is 83.8 Å². The molecular formula is C33H32FN3O4S2. The van der Waals surface area contributed by atoms with Crippen molar-refractivity contribution >= 4 is 51.6 Å². The summed E-state index contributed by atoms with van der Waals surface area (Å²) in [6.07, 6.45) is 0.698. The Morgan fingerprint density at radius 3 is 2.53 bits per heavy atom. The van der Waals surface area contributed by atoms with Gasteiger partial charge in [0.05, 0.1) is 17.4 Å². The molecule has 3 aromatic carbocycles. The number of hydrogen-bond donors (Lipinski definition) is 2. The molecule has 1 aliphatic rings. The van der Waals surface area contributed by atoms with Crippen LogP contribution in [0.3, 0.4) is 0 Å². The van der Waals surface area contributed by atoms with Gasteiger partial charge in [0.15, 0.2) is 0 Å². The van der Waals surface area contributed by atoms with E-state index >= 15 is 0 Å². The van der Waals surface area contributed by atoms with Crippen molar-refractivity contribution in [1.29, 1.82) is 0 Å². The Hall–Kier alpha value is -3.99. The summed E-state index contributed by atoms with van der Waals surface area (Å²) in [6, 6.07) is 22.8. The lowest BCUT2D eigenvalue weighted by Gasteiger charge is -2.27. The van der Waals surface area contributed by atoms with Crippen LogP contribution < -0.4 is 10.6 Å². The number of thioether (sulfide) groups is 1. The largest absolute Gasteiger partial charge is 0.462 e. The van der Waals surface area contributed by atoms with Crippen molar-refractivity contribution in [2.75, 3.05) is 23.8 Å². The number of ether oxygens (including phenoxy) is 1. The van der Waals surface area contributed by atoms with Crippen LogP contribution in [-0.4, -0.2) is 41.1 Å². The molecule has 2 amide bonds. The van der Waals surface area contributed by atoms with Gasteiger partial charge in [0.2, 0.25) is 5.91 Å². The number of nitrogens with one attached hydrogen (secondary N) is 2. The molecule has 0 aliphatic carbocycles. The van der Waals surface area contributed by atoms with E-state index in [2.05, 4.69) is 27.7 Å². The second-order valence-corrected chi connectivity index (χ2v) is 12.6. The average molecular weight is 618 g/mol. The molecule has 222 valence electrons. The maximum absolute atomic E-state index is 13.4. The Balaban J connectivity index is 1.26. The Bertz CT molecular complexity index is 1610. The second-order valence-electron chi connectivity index (χ2n) is 10.1. The Morgan fingerprint density at radius 2 is 1.79 bits per heavy atom. The van der Waals surface area contributed by atoms with Crippen molar-refractivity contribution in [3.63, 3.8) is 0 Å². The Morgan fingerprint density at radius 1 is 1.02 bits per heavy atom. The van der Waals surface area contributed by atoms with Crippen molar-refractivity contribution in [3.8, 4) is 0 Å². The van der Waals surface area contributed by atoms with Crippen molar-refractivity contribution in [2.45, 2.75) is 43.5 Å². The highest BCUT2D eigenvalue weighted by molar-refractivity contribution is 8.00. The zero-order valence-corrected chi connectivity index (χ0v) is 25.5. The maximum Gasteiger partial charge on any atom is 0.341 e. The molecule has 1 aliphatic heterocycles. The third kappa shape index (κ3) is 7.70. The number of carbonyl (C=O) groups is 3. The normalized spacial score (nSPS) is 13.6. The van der Waals surface area contributed by atoms with E-state index in [1.165, 1.54) is 52.9 Å². The molecule has 1 aromatic heterocycles. The van der Waals surface area contributed by atoms with Crippen molar-refractivity contribution in [3.05, 3.63) is 112 Å². The van der Waals surface area contributed by atoms with Gasteiger partial charge in [-0.05, 0) is 73.9 Å². The second kappa shape index (κ2) is 14.0. The molecule has 0 saturated carbocycles. The van der Waals surface area contributed by atoms with E-state index in [0.29, 0.717) is 34.8 Å². The van der Waals surface area contributed by atoms with E-state index in [-0.39, 0.29) is 18.4 Å². The molecule has 7 nitrogen and oxygen atoms in total. The minimum Gasteiger partial charge on any atom is -0.462 e. The molecule has 5 rings (SSSR count). The van der Waals surface area contributed by atoms with Crippen molar-refractivity contribution < 1.29 is 23.5 Å². The lowest BCUT2D eigenvalue weighted by molar-refractivity contribution is -0.115. The molecule has 4 aromatic rings. The SMILES string of the molecule is CCOC(=O)c1c(NC(=O)C(C)Sc2cccc(NC(=O)c3ccc(F)cc3)c2)sc2c1CCN(Cc1ccccc1)C2. The van der Waals surface area contributed by atoms with Crippen LogP contribution in [0.5, 0.6) is 0 Å². The lowest BCUT2D eigenvalue weighted by Crippen LogP contribution is -2.30. The number of amides is 2. The van der Waals surface area contributed by atoms with Gasteiger partial charge in [0.1, 0.15) is 10.8 Å². The van der Waals surface area contributed by atoms with Gasteiger partial charge in [-0.3, -0.25) is 14.5 Å². The number of halogens is 1. The van der Waals surface area contributed by atoms with Crippen LogP contribution in [0.25, 0.3) is 0 Å². The molecule has 10 heteroatoms. The number of fused-ring (bicyclic) bond motifs is 1. The van der Waals surface area contributed by atoms with E-state index in [1.807, 2.05) is 24.3 Å². The first kappa shape index (κ1) is 30.5. The van der Waals surface area contributed by atoms with Crippen molar-refractivity contribution in [2.24, 2.45) is 0 Å². The van der Waals surface area contributed by atoms with Gasteiger partial charge in [0, 0.05) is 40.7 Å². The van der Waals surface area contributed by atoms with Crippen LogP contribution in [0.1, 0.15) is 50.6 Å². The fourth-order valence-corrected chi connectivity index (χ4v) is 7.07. The molecule has 2 heterocycles. The summed E-state index contributed by atoms with van der Waals surface area (Å²) < 4.78 is 18.6. The standard InChI is InChI=1S/C33H32FN3O4S2/c1-3-41-33(40)29-27-16-17-37(19-22-8-5-4-6-9-22)20-28(27)43-32(29)36-30(38)21(2)42-26-11-7-10-25(18-26)35-31(39)23-12-14-24(34)15-13-23/h4-15,18,21H,3,16-17,19-20H2,1-2H3,(H,35,39)(H,36,38). The monoisotopic (exact) mass is 617 g/mol. The first-order valence-electron chi connectivity index (χ1n) is 14.0.